The highest BCUT2D eigenvalue weighted by Crippen LogP contribution is 2.29. The second-order valence-corrected chi connectivity index (χ2v) is 4.83. The Morgan fingerprint density at radius 3 is 2.65 bits per heavy atom. The highest BCUT2D eigenvalue weighted by Gasteiger charge is 2.27. The fourth-order valence-corrected chi connectivity index (χ4v) is 2.27. The molecule has 0 saturated heterocycles. The lowest BCUT2D eigenvalue weighted by Crippen LogP contribution is -2.45. The summed E-state index contributed by atoms with van der Waals surface area (Å²) in [6.07, 6.45) is 3.34. The quantitative estimate of drug-likeness (QED) is 0.756. The molecule has 0 aromatic carbocycles. The van der Waals surface area contributed by atoms with Gasteiger partial charge in [0, 0.05) is 6.04 Å². The summed E-state index contributed by atoms with van der Waals surface area (Å²) in [7, 11) is 0. The van der Waals surface area contributed by atoms with E-state index in [-0.39, 0.29) is 18.6 Å². The van der Waals surface area contributed by atoms with Gasteiger partial charge in [-0.25, -0.2) is 4.79 Å². The standard InChI is InChI=1S/C12H21NO4/c1-8-4-3-5-10(9(8)2)13-11(14)6-17-7-12(15)16/h8-10H,3-7H2,1-2H3,(H,13,14)(H,15,16)/t8-,9+,10+/m1/s1. The van der Waals surface area contributed by atoms with Crippen LogP contribution in [0.4, 0.5) is 0 Å². The molecular formula is C12H21NO4. The monoisotopic (exact) mass is 243 g/mol. The van der Waals surface area contributed by atoms with E-state index in [2.05, 4.69) is 19.2 Å². The van der Waals surface area contributed by atoms with Crippen molar-refractivity contribution in [3.05, 3.63) is 0 Å². The zero-order valence-electron chi connectivity index (χ0n) is 10.4. The van der Waals surface area contributed by atoms with Crippen molar-refractivity contribution >= 4 is 11.9 Å². The summed E-state index contributed by atoms with van der Waals surface area (Å²) < 4.78 is 4.75. The molecule has 0 aromatic heterocycles. The minimum Gasteiger partial charge on any atom is -0.480 e. The molecule has 0 spiro atoms. The van der Waals surface area contributed by atoms with Crippen LogP contribution in [-0.2, 0) is 14.3 Å². The third-order valence-corrected chi connectivity index (χ3v) is 3.51. The molecule has 0 aromatic rings. The van der Waals surface area contributed by atoms with Crippen LogP contribution in [0, 0.1) is 11.8 Å². The molecule has 17 heavy (non-hydrogen) atoms. The third-order valence-electron chi connectivity index (χ3n) is 3.51. The first-order valence-corrected chi connectivity index (χ1v) is 6.09. The van der Waals surface area contributed by atoms with Crippen LogP contribution >= 0.6 is 0 Å². The Morgan fingerprint density at radius 2 is 2.00 bits per heavy atom. The van der Waals surface area contributed by atoms with Gasteiger partial charge in [-0.1, -0.05) is 26.7 Å². The molecule has 0 bridgehead atoms. The van der Waals surface area contributed by atoms with E-state index in [4.69, 9.17) is 9.84 Å². The van der Waals surface area contributed by atoms with Crippen LogP contribution in [0.3, 0.4) is 0 Å². The van der Waals surface area contributed by atoms with E-state index >= 15 is 0 Å². The minimum absolute atomic E-state index is 0.177. The summed E-state index contributed by atoms with van der Waals surface area (Å²) in [5.74, 6) is -0.198. The molecule has 5 heteroatoms. The largest absolute Gasteiger partial charge is 0.480 e. The number of carbonyl (C=O) groups excluding carboxylic acids is 1. The average molecular weight is 243 g/mol. The number of ether oxygens (including phenoxy) is 1. The first-order chi connectivity index (χ1) is 8.00. The van der Waals surface area contributed by atoms with Gasteiger partial charge in [0.05, 0.1) is 0 Å². The molecule has 1 aliphatic rings. The number of carboxylic acid groups (broad SMARTS) is 1. The van der Waals surface area contributed by atoms with Gasteiger partial charge in [0.1, 0.15) is 13.2 Å². The van der Waals surface area contributed by atoms with Crippen molar-refractivity contribution in [2.24, 2.45) is 11.8 Å². The fraction of sp³-hybridized carbons (Fsp3) is 0.833. The first-order valence-electron chi connectivity index (χ1n) is 6.09. The maximum absolute atomic E-state index is 11.5. The molecule has 1 rings (SSSR count). The summed E-state index contributed by atoms with van der Waals surface area (Å²) in [6, 6.07) is 0.194. The summed E-state index contributed by atoms with van der Waals surface area (Å²) >= 11 is 0. The Kier molecular flexibility index (Phi) is 5.41. The topological polar surface area (TPSA) is 75.6 Å². The highest BCUT2D eigenvalue weighted by molar-refractivity contribution is 5.78. The minimum atomic E-state index is -1.06. The fourth-order valence-electron chi connectivity index (χ4n) is 2.27. The third kappa shape index (κ3) is 4.73. The van der Waals surface area contributed by atoms with Crippen LogP contribution in [0.2, 0.25) is 0 Å². The molecule has 0 aliphatic heterocycles. The highest BCUT2D eigenvalue weighted by atomic mass is 16.5. The van der Waals surface area contributed by atoms with Crippen LogP contribution in [0.25, 0.3) is 0 Å². The molecular weight excluding hydrogens is 222 g/mol. The molecule has 1 fully saturated rings. The van der Waals surface area contributed by atoms with E-state index in [1.165, 1.54) is 6.42 Å². The van der Waals surface area contributed by atoms with E-state index in [1.807, 2.05) is 0 Å². The molecule has 0 unspecified atom stereocenters. The van der Waals surface area contributed by atoms with Crippen LogP contribution < -0.4 is 5.32 Å². The number of aliphatic carboxylic acids is 1. The lowest BCUT2D eigenvalue weighted by atomic mass is 9.78. The van der Waals surface area contributed by atoms with Gasteiger partial charge in [-0.15, -0.1) is 0 Å². The predicted octanol–water partition coefficient (Wildman–Crippen LogP) is 1.03. The number of rotatable bonds is 5. The lowest BCUT2D eigenvalue weighted by Gasteiger charge is -2.34. The van der Waals surface area contributed by atoms with Gasteiger partial charge in [0.15, 0.2) is 0 Å². The SMILES string of the molecule is C[C@H]1[C@H](C)CCC[C@@H]1NC(=O)COCC(=O)O. The maximum atomic E-state index is 11.5. The van der Waals surface area contributed by atoms with Gasteiger partial charge in [-0.2, -0.15) is 0 Å². The van der Waals surface area contributed by atoms with Gasteiger partial charge < -0.3 is 15.2 Å². The Labute approximate surface area is 102 Å². The van der Waals surface area contributed by atoms with Gasteiger partial charge in [-0.05, 0) is 18.3 Å². The normalized spacial score (nSPS) is 28.7. The second-order valence-electron chi connectivity index (χ2n) is 4.83. The number of hydrogen-bond donors (Lipinski definition) is 2. The molecule has 98 valence electrons. The zero-order valence-corrected chi connectivity index (χ0v) is 10.4. The molecule has 2 N–H and O–H groups in total. The van der Waals surface area contributed by atoms with E-state index < -0.39 is 12.6 Å². The molecule has 1 amide bonds. The number of nitrogens with one attached hydrogen (secondary N) is 1. The van der Waals surface area contributed by atoms with Crippen molar-refractivity contribution in [2.45, 2.75) is 39.2 Å². The van der Waals surface area contributed by atoms with Crippen molar-refractivity contribution < 1.29 is 19.4 Å². The number of carbonyl (C=O) groups is 2. The Balaban J connectivity index is 2.27. The van der Waals surface area contributed by atoms with Crippen molar-refractivity contribution in [1.29, 1.82) is 0 Å². The zero-order chi connectivity index (χ0) is 12.8. The van der Waals surface area contributed by atoms with Gasteiger partial charge >= 0.3 is 5.97 Å². The van der Waals surface area contributed by atoms with Gasteiger partial charge in [0.25, 0.3) is 0 Å². The number of carboxylic acids is 1. The average Bonchev–Trinajstić information content (AvgIpc) is 2.24. The van der Waals surface area contributed by atoms with Crippen molar-refractivity contribution in [3.8, 4) is 0 Å². The predicted molar refractivity (Wildman–Crippen MR) is 62.6 cm³/mol. The Bertz CT molecular complexity index is 280. The van der Waals surface area contributed by atoms with Crippen molar-refractivity contribution in [2.75, 3.05) is 13.2 Å². The van der Waals surface area contributed by atoms with Crippen LogP contribution in [0.15, 0.2) is 0 Å². The molecule has 5 nitrogen and oxygen atoms in total. The smallest absolute Gasteiger partial charge is 0.329 e. The summed E-state index contributed by atoms with van der Waals surface area (Å²) in [5.41, 5.74) is 0. The molecule has 3 atom stereocenters. The molecule has 0 radical (unpaired) electrons. The Hall–Kier alpha value is -1.10. The van der Waals surface area contributed by atoms with Crippen molar-refractivity contribution in [3.63, 3.8) is 0 Å². The first kappa shape index (κ1) is 14.0. The summed E-state index contributed by atoms with van der Waals surface area (Å²) in [4.78, 5) is 21.7. The van der Waals surface area contributed by atoms with Crippen molar-refractivity contribution in [1.82, 2.24) is 5.32 Å². The van der Waals surface area contributed by atoms with Gasteiger partial charge in [-0.3, -0.25) is 4.79 Å². The van der Waals surface area contributed by atoms with E-state index in [9.17, 15) is 9.59 Å². The maximum Gasteiger partial charge on any atom is 0.329 e. The summed E-state index contributed by atoms with van der Waals surface area (Å²) in [5, 5.41) is 11.3. The van der Waals surface area contributed by atoms with Gasteiger partial charge in [0.2, 0.25) is 5.91 Å². The Morgan fingerprint density at radius 1 is 1.29 bits per heavy atom. The molecule has 1 saturated carbocycles. The van der Waals surface area contributed by atoms with E-state index in [1.54, 1.807) is 0 Å². The second kappa shape index (κ2) is 6.59. The van der Waals surface area contributed by atoms with E-state index in [0.717, 1.165) is 12.8 Å². The number of hydrogen-bond acceptors (Lipinski definition) is 3. The van der Waals surface area contributed by atoms with Crippen LogP contribution in [0.5, 0.6) is 0 Å². The molecule has 0 heterocycles. The van der Waals surface area contributed by atoms with Crippen LogP contribution in [-0.4, -0.2) is 36.2 Å². The van der Waals surface area contributed by atoms with Crippen LogP contribution in [0.1, 0.15) is 33.1 Å². The molecule has 1 aliphatic carbocycles. The lowest BCUT2D eigenvalue weighted by molar-refractivity contribution is -0.143. The summed E-state index contributed by atoms with van der Waals surface area (Å²) in [6.45, 7) is 3.74. The van der Waals surface area contributed by atoms with E-state index in [0.29, 0.717) is 11.8 Å². The number of amides is 1.